The molecule has 1 saturated heterocycles. The van der Waals surface area contributed by atoms with Crippen LogP contribution in [0.4, 0.5) is 4.39 Å². The SMILES string of the molecule is CCCCN1CCCCC1CNC(=O)CCc1nc(-c2ccc(C)c(F)c2)no1. The first-order valence-electron chi connectivity index (χ1n) is 10.7. The lowest BCUT2D eigenvalue weighted by Crippen LogP contribution is -2.47. The van der Waals surface area contributed by atoms with Gasteiger partial charge in [-0.1, -0.05) is 37.1 Å². The van der Waals surface area contributed by atoms with Crippen molar-refractivity contribution in [3.63, 3.8) is 0 Å². The summed E-state index contributed by atoms with van der Waals surface area (Å²) < 4.78 is 18.9. The standard InChI is InChI=1S/C22H31FN4O2/c1-3-4-12-27-13-6-5-7-18(27)15-24-20(28)10-11-21-25-22(26-29-21)17-9-8-16(2)19(23)14-17/h8-9,14,18H,3-7,10-13,15H2,1-2H3,(H,24,28). The van der Waals surface area contributed by atoms with Gasteiger partial charge in [-0.2, -0.15) is 4.98 Å². The number of unbranched alkanes of at least 4 members (excludes halogenated alkanes) is 1. The van der Waals surface area contributed by atoms with Crippen LogP contribution in [-0.4, -0.2) is 46.6 Å². The second kappa shape index (κ2) is 10.5. The molecule has 0 bridgehead atoms. The molecule has 0 radical (unpaired) electrons. The van der Waals surface area contributed by atoms with E-state index in [1.54, 1.807) is 19.1 Å². The van der Waals surface area contributed by atoms with E-state index in [4.69, 9.17) is 4.52 Å². The molecule has 2 heterocycles. The minimum atomic E-state index is -0.302. The van der Waals surface area contributed by atoms with E-state index in [0.717, 1.165) is 19.5 Å². The number of hydrogen-bond acceptors (Lipinski definition) is 5. The summed E-state index contributed by atoms with van der Waals surface area (Å²) >= 11 is 0. The molecular weight excluding hydrogens is 371 g/mol. The molecule has 1 atom stereocenters. The van der Waals surface area contributed by atoms with Gasteiger partial charge in [0.15, 0.2) is 0 Å². The molecule has 1 unspecified atom stereocenters. The molecule has 0 spiro atoms. The Morgan fingerprint density at radius 3 is 3.03 bits per heavy atom. The zero-order valence-corrected chi connectivity index (χ0v) is 17.4. The van der Waals surface area contributed by atoms with Crippen LogP contribution in [-0.2, 0) is 11.2 Å². The van der Waals surface area contributed by atoms with Crippen molar-refractivity contribution in [2.75, 3.05) is 19.6 Å². The second-order valence-electron chi connectivity index (χ2n) is 7.82. The molecule has 1 aromatic heterocycles. The lowest BCUT2D eigenvalue weighted by Gasteiger charge is -2.35. The highest BCUT2D eigenvalue weighted by Crippen LogP contribution is 2.20. The van der Waals surface area contributed by atoms with Crippen molar-refractivity contribution in [1.29, 1.82) is 0 Å². The molecule has 7 heteroatoms. The Hall–Kier alpha value is -2.28. The van der Waals surface area contributed by atoms with Gasteiger partial charge in [0.2, 0.25) is 17.6 Å². The zero-order chi connectivity index (χ0) is 20.6. The summed E-state index contributed by atoms with van der Waals surface area (Å²) in [6.45, 7) is 6.85. The molecule has 1 N–H and O–H groups in total. The Labute approximate surface area is 171 Å². The molecule has 3 rings (SSSR count). The van der Waals surface area contributed by atoms with Gasteiger partial charge in [-0.15, -0.1) is 0 Å². The number of likely N-dealkylation sites (tertiary alicyclic amines) is 1. The molecule has 29 heavy (non-hydrogen) atoms. The molecule has 1 fully saturated rings. The van der Waals surface area contributed by atoms with E-state index in [-0.39, 0.29) is 11.7 Å². The summed E-state index contributed by atoms with van der Waals surface area (Å²) in [6, 6.07) is 5.27. The van der Waals surface area contributed by atoms with E-state index in [1.807, 2.05) is 0 Å². The molecule has 1 amide bonds. The molecule has 158 valence electrons. The lowest BCUT2D eigenvalue weighted by molar-refractivity contribution is -0.121. The number of halogens is 1. The molecule has 6 nitrogen and oxygen atoms in total. The zero-order valence-electron chi connectivity index (χ0n) is 17.4. The van der Waals surface area contributed by atoms with Crippen molar-refractivity contribution in [1.82, 2.24) is 20.4 Å². The Bertz CT molecular complexity index is 808. The molecule has 1 aromatic carbocycles. The van der Waals surface area contributed by atoms with E-state index >= 15 is 0 Å². The van der Waals surface area contributed by atoms with Gasteiger partial charge in [0.05, 0.1) is 0 Å². The molecular formula is C22H31FN4O2. The van der Waals surface area contributed by atoms with Crippen LogP contribution in [0.15, 0.2) is 22.7 Å². The Balaban J connectivity index is 1.46. The van der Waals surface area contributed by atoms with Crippen LogP contribution in [0.3, 0.4) is 0 Å². The van der Waals surface area contributed by atoms with Crippen LogP contribution < -0.4 is 5.32 Å². The van der Waals surface area contributed by atoms with E-state index in [9.17, 15) is 9.18 Å². The maximum absolute atomic E-state index is 13.7. The molecule has 0 saturated carbocycles. The first kappa shape index (κ1) is 21.4. The first-order valence-corrected chi connectivity index (χ1v) is 10.7. The van der Waals surface area contributed by atoms with Crippen molar-refractivity contribution in [3.05, 3.63) is 35.5 Å². The molecule has 0 aliphatic carbocycles. The Morgan fingerprint density at radius 2 is 2.24 bits per heavy atom. The quantitative estimate of drug-likeness (QED) is 0.689. The van der Waals surface area contributed by atoms with Crippen LogP contribution in [0.5, 0.6) is 0 Å². The van der Waals surface area contributed by atoms with Crippen molar-refractivity contribution < 1.29 is 13.7 Å². The van der Waals surface area contributed by atoms with Gasteiger partial charge < -0.3 is 9.84 Å². The maximum Gasteiger partial charge on any atom is 0.227 e. The third-order valence-electron chi connectivity index (χ3n) is 5.55. The average molecular weight is 403 g/mol. The number of hydrogen-bond donors (Lipinski definition) is 1. The Kier molecular flexibility index (Phi) is 7.75. The van der Waals surface area contributed by atoms with Gasteiger partial charge in [-0.05, 0) is 50.9 Å². The number of piperidine rings is 1. The molecule has 2 aromatic rings. The van der Waals surface area contributed by atoms with Gasteiger partial charge in [0, 0.05) is 31.0 Å². The van der Waals surface area contributed by atoms with E-state index in [0.29, 0.717) is 48.3 Å². The lowest BCUT2D eigenvalue weighted by atomic mass is 10.0. The normalized spacial score (nSPS) is 17.4. The largest absolute Gasteiger partial charge is 0.355 e. The predicted molar refractivity (Wildman–Crippen MR) is 110 cm³/mol. The van der Waals surface area contributed by atoms with Crippen molar-refractivity contribution in [2.45, 2.75) is 64.8 Å². The maximum atomic E-state index is 13.7. The first-order chi connectivity index (χ1) is 14.1. The fraction of sp³-hybridized carbons (Fsp3) is 0.591. The number of carbonyl (C=O) groups is 1. The van der Waals surface area contributed by atoms with Gasteiger partial charge in [0.1, 0.15) is 5.82 Å². The van der Waals surface area contributed by atoms with Crippen LogP contribution in [0, 0.1) is 12.7 Å². The summed E-state index contributed by atoms with van der Waals surface area (Å²) in [5.74, 6) is 0.419. The van der Waals surface area contributed by atoms with Crippen LogP contribution in [0.25, 0.3) is 11.4 Å². The number of rotatable bonds is 9. The molecule has 1 aliphatic rings. The highest BCUT2D eigenvalue weighted by Gasteiger charge is 2.22. The van der Waals surface area contributed by atoms with E-state index in [2.05, 4.69) is 27.3 Å². The fourth-order valence-corrected chi connectivity index (χ4v) is 3.69. The van der Waals surface area contributed by atoms with Crippen molar-refractivity contribution >= 4 is 5.91 Å². The number of carbonyl (C=O) groups excluding carboxylic acids is 1. The van der Waals surface area contributed by atoms with Gasteiger partial charge in [-0.3, -0.25) is 9.69 Å². The predicted octanol–water partition coefficient (Wildman–Crippen LogP) is 3.89. The summed E-state index contributed by atoms with van der Waals surface area (Å²) in [7, 11) is 0. The number of aryl methyl sites for hydroxylation is 2. The fourth-order valence-electron chi connectivity index (χ4n) is 3.69. The second-order valence-corrected chi connectivity index (χ2v) is 7.82. The van der Waals surface area contributed by atoms with Crippen molar-refractivity contribution in [3.8, 4) is 11.4 Å². The van der Waals surface area contributed by atoms with Crippen LogP contribution in [0.1, 0.15) is 56.9 Å². The van der Waals surface area contributed by atoms with Gasteiger partial charge in [0.25, 0.3) is 0 Å². The van der Waals surface area contributed by atoms with E-state index < -0.39 is 0 Å². The smallest absolute Gasteiger partial charge is 0.227 e. The summed E-state index contributed by atoms with van der Waals surface area (Å²) in [6.07, 6.45) is 6.69. The van der Waals surface area contributed by atoms with Crippen molar-refractivity contribution in [2.24, 2.45) is 0 Å². The minimum absolute atomic E-state index is 0.00727. The topological polar surface area (TPSA) is 71.3 Å². The summed E-state index contributed by atoms with van der Waals surface area (Å²) in [5, 5.41) is 6.96. The number of aromatic nitrogens is 2. The number of benzene rings is 1. The average Bonchev–Trinajstić information content (AvgIpc) is 3.21. The Morgan fingerprint density at radius 1 is 1.38 bits per heavy atom. The highest BCUT2D eigenvalue weighted by molar-refractivity contribution is 5.76. The highest BCUT2D eigenvalue weighted by atomic mass is 19.1. The number of nitrogens with zero attached hydrogens (tertiary/aromatic N) is 3. The minimum Gasteiger partial charge on any atom is -0.355 e. The van der Waals surface area contributed by atoms with Gasteiger partial charge >= 0.3 is 0 Å². The third-order valence-corrected chi connectivity index (χ3v) is 5.55. The summed E-state index contributed by atoms with van der Waals surface area (Å²) in [4.78, 5) is 19.1. The molecule has 1 aliphatic heterocycles. The van der Waals surface area contributed by atoms with Crippen LogP contribution in [0.2, 0.25) is 0 Å². The van der Waals surface area contributed by atoms with Crippen LogP contribution >= 0.6 is 0 Å². The van der Waals surface area contributed by atoms with Gasteiger partial charge in [-0.25, -0.2) is 4.39 Å². The third kappa shape index (κ3) is 6.10. The number of nitrogens with one attached hydrogen (secondary N) is 1. The summed E-state index contributed by atoms with van der Waals surface area (Å²) in [5.41, 5.74) is 1.14. The van der Waals surface area contributed by atoms with E-state index in [1.165, 1.54) is 31.7 Å². The number of amides is 1. The monoisotopic (exact) mass is 402 g/mol.